The third-order valence-electron chi connectivity index (χ3n) is 9.40. The van der Waals surface area contributed by atoms with Gasteiger partial charge in [-0.3, -0.25) is 19.4 Å². The molecule has 52 heavy (non-hydrogen) atoms. The molecule has 0 aliphatic carbocycles. The summed E-state index contributed by atoms with van der Waals surface area (Å²) in [5.41, 5.74) is 1.80. The van der Waals surface area contributed by atoms with E-state index < -0.39 is 23.6 Å². The van der Waals surface area contributed by atoms with Crippen LogP contribution >= 0.6 is 24.8 Å². The van der Waals surface area contributed by atoms with Crippen LogP contribution in [0.1, 0.15) is 49.2 Å². The van der Waals surface area contributed by atoms with Gasteiger partial charge in [0.1, 0.15) is 5.75 Å². The fraction of sp³-hybridized carbons (Fsp3) is 0.417. The van der Waals surface area contributed by atoms with Gasteiger partial charge in [0, 0.05) is 69.8 Å². The minimum atomic E-state index is -4.74. The summed E-state index contributed by atoms with van der Waals surface area (Å²) in [5.74, 6) is -1.52. The molecule has 0 spiro atoms. The van der Waals surface area contributed by atoms with Crippen LogP contribution < -0.4 is 4.74 Å². The number of hydrogen-bond acceptors (Lipinski definition) is 9. The van der Waals surface area contributed by atoms with E-state index in [0.717, 1.165) is 11.1 Å². The van der Waals surface area contributed by atoms with E-state index in [-0.39, 0.29) is 54.4 Å². The van der Waals surface area contributed by atoms with Gasteiger partial charge in [0.15, 0.2) is 5.60 Å². The third-order valence-corrected chi connectivity index (χ3v) is 9.40. The van der Waals surface area contributed by atoms with Crippen LogP contribution in [0.15, 0.2) is 78.9 Å². The standard InChI is InChI=1S/C36H40F3N7O4.2ClH/c1-24(47)50-35(2,3)34(48)44-17-18-45-29(22-44)21-43(23-30(45)32(25-11-7-5-8-12-25)26-13-9-6-10-14-26)20-27-19-28(15-16-31(27)49-4)46-33(36(37,38)39)40-41-42-46;;/h5-16,19,29-30,32H,17-18,20-23H2,1-4H3;2*1H/t29-,30?;;/m1../s1. The average molecular weight is 765 g/mol. The zero-order chi connectivity index (χ0) is 35.6. The molecular weight excluding hydrogens is 722 g/mol. The summed E-state index contributed by atoms with van der Waals surface area (Å²) in [6, 6.07) is 25.2. The Balaban J connectivity index is 0.00000302. The number of amides is 1. The highest BCUT2D eigenvalue weighted by molar-refractivity contribution is 5.87. The second kappa shape index (κ2) is 16.6. The quantitative estimate of drug-likeness (QED) is 0.207. The molecule has 0 radical (unpaired) electrons. The molecule has 1 unspecified atom stereocenters. The predicted molar refractivity (Wildman–Crippen MR) is 192 cm³/mol. The van der Waals surface area contributed by atoms with Crippen LogP contribution in [-0.2, 0) is 27.0 Å². The summed E-state index contributed by atoms with van der Waals surface area (Å²) in [4.78, 5) is 32.0. The van der Waals surface area contributed by atoms with Gasteiger partial charge in [-0.15, -0.1) is 29.9 Å². The summed E-state index contributed by atoms with van der Waals surface area (Å²) in [6.07, 6.45) is -4.74. The smallest absolute Gasteiger partial charge is 0.453 e. The fourth-order valence-corrected chi connectivity index (χ4v) is 7.36. The van der Waals surface area contributed by atoms with E-state index in [1.165, 1.54) is 20.1 Å². The third kappa shape index (κ3) is 8.68. The Labute approximate surface area is 312 Å². The molecule has 0 N–H and O–H groups in total. The Morgan fingerprint density at radius 1 is 0.904 bits per heavy atom. The molecule has 0 bridgehead atoms. The molecule has 1 amide bonds. The fourth-order valence-electron chi connectivity index (χ4n) is 7.36. The first-order valence-corrected chi connectivity index (χ1v) is 16.5. The molecule has 2 saturated heterocycles. The number of carbonyl (C=O) groups is 2. The molecule has 280 valence electrons. The highest BCUT2D eigenvalue weighted by Crippen LogP contribution is 2.37. The van der Waals surface area contributed by atoms with Gasteiger partial charge in [0.2, 0.25) is 0 Å². The summed E-state index contributed by atoms with van der Waals surface area (Å²) >= 11 is 0. The second-order valence-corrected chi connectivity index (χ2v) is 13.2. The van der Waals surface area contributed by atoms with Gasteiger partial charge in [0.05, 0.1) is 12.8 Å². The molecule has 6 rings (SSSR count). The predicted octanol–water partition coefficient (Wildman–Crippen LogP) is 5.40. The van der Waals surface area contributed by atoms with E-state index in [9.17, 15) is 22.8 Å². The number of methoxy groups -OCH3 is 1. The molecule has 2 atom stereocenters. The Morgan fingerprint density at radius 3 is 2.12 bits per heavy atom. The van der Waals surface area contributed by atoms with Gasteiger partial charge in [-0.1, -0.05) is 60.7 Å². The maximum atomic E-state index is 13.7. The summed E-state index contributed by atoms with van der Waals surface area (Å²) < 4.78 is 52.9. The number of halogens is 5. The number of esters is 1. The molecule has 0 saturated carbocycles. The van der Waals surface area contributed by atoms with Crippen molar-refractivity contribution < 1.29 is 32.2 Å². The van der Waals surface area contributed by atoms with Gasteiger partial charge in [-0.05, 0) is 53.6 Å². The van der Waals surface area contributed by atoms with Crippen molar-refractivity contribution in [2.75, 3.05) is 39.8 Å². The number of rotatable bonds is 9. The Hall–Kier alpha value is -4.24. The minimum absolute atomic E-state index is 0. The summed E-state index contributed by atoms with van der Waals surface area (Å²) in [6.45, 7) is 7.53. The molecule has 2 aliphatic heterocycles. The summed E-state index contributed by atoms with van der Waals surface area (Å²) in [7, 11) is 1.52. The molecule has 3 aromatic carbocycles. The van der Waals surface area contributed by atoms with Crippen LogP contribution in [0.3, 0.4) is 0 Å². The highest BCUT2D eigenvalue weighted by Gasteiger charge is 2.45. The van der Waals surface area contributed by atoms with E-state index >= 15 is 0 Å². The Kier molecular flexibility index (Phi) is 13.0. The number of fused-ring (bicyclic) bond motifs is 1. The average Bonchev–Trinajstić information content (AvgIpc) is 3.60. The molecule has 2 aliphatic rings. The number of tetrazole rings is 1. The molecule has 2 fully saturated rings. The molecule has 4 aromatic rings. The number of nitrogens with zero attached hydrogens (tertiary/aromatic N) is 7. The van der Waals surface area contributed by atoms with E-state index in [1.54, 1.807) is 30.9 Å². The number of piperazine rings is 2. The van der Waals surface area contributed by atoms with Gasteiger partial charge < -0.3 is 14.4 Å². The van der Waals surface area contributed by atoms with Crippen molar-refractivity contribution in [3.8, 4) is 11.4 Å². The number of carbonyl (C=O) groups excluding carboxylic acids is 2. The van der Waals surface area contributed by atoms with Crippen LogP contribution in [0.25, 0.3) is 5.69 Å². The summed E-state index contributed by atoms with van der Waals surface area (Å²) in [5, 5.41) is 10.1. The largest absolute Gasteiger partial charge is 0.496 e. The number of benzene rings is 3. The zero-order valence-corrected chi connectivity index (χ0v) is 30.8. The Morgan fingerprint density at radius 2 is 1.54 bits per heavy atom. The monoisotopic (exact) mass is 763 g/mol. The van der Waals surface area contributed by atoms with E-state index in [0.29, 0.717) is 55.3 Å². The van der Waals surface area contributed by atoms with E-state index in [2.05, 4.69) is 49.6 Å². The van der Waals surface area contributed by atoms with Gasteiger partial charge in [0.25, 0.3) is 11.7 Å². The maximum absolute atomic E-state index is 13.7. The Bertz CT molecular complexity index is 1770. The van der Waals surface area contributed by atoms with Crippen LogP contribution in [0, 0.1) is 0 Å². The zero-order valence-electron chi connectivity index (χ0n) is 29.2. The molecular formula is C36H42Cl2F3N7O4. The van der Waals surface area contributed by atoms with Crippen molar-refractivity contribution in [1.82, 2.24) is 34.9 Å². The first kappa shape index (κ1) is 40.5. The van der Waals surface area contributed by atoms with Crippen molar-refractivity contribution in [2.45, 2.75) is 57.1 Å². The number of alkyl halides is 3. The van der Waals surface area contributed by atoms with Gasteiger partial charge in [-0.25, -0.2) is 0 Å². The maximum Gasteiger partial charge on any atom is 0.453 e. The van der Waals surface area contributed by atoms with Gasteiger partial charge >= 0.3 is 12.1 Å². The van der Waals surface area contributed by atoms with Crippen molar-refractivity contribution in [3.05, 3.63) is 101 Å². The first-order chi connectivity index (χ1) is 23.9. The van der Waals surface area contributed by atoms with Crippen LogP contribution in [-0.4, -0.2) is 104 Å². The lowest BCUT2D eigenvalue weighted by Crippen LogP contribution is -2.68. The molecule has 3 heterocycles. The molecule has 1 aromatic heterocycles. The van der Waals surface area contributed by atoms with Crippen molar-refractivity contribution in [2.24, 2.45) is 0 Å². The minimum Gasteiger partial charge on any atom is -0.496 e. The topological polar surface area (TPSA) is 106 Å². The lowest BCUT2D eigenvalue weighted by molar-refractivity contribution is -0.171. The van der Waals surface area contributed by atoms with E-state index in [1.807, 2.05) is 36.4 Å². The number of hydrogen-bond donors (Lipinski definition) is 0. The second-order valence-electron chi connectivity index (χ2n) is 13.2. The van der Waals surface area contributed by atoms with E-state index in [4.69, 9.17) is 9.47 Å². The molecule has 11 nitrogen and oxygen atoms in total. The SMILES string of the molecule is COc1ccc(-n2nnnc2C(F)(F)F)cc1CN1CC(C(c2ccccc2)c2ccccc2)N2CCN(C(=O)C(C)(C)OC(C)=O)C[C@H]2C1.Cl.Cl. The number of ether oxygens (including phenoxy) is 2. The highest BCUT2D eigenvalue weighted by atomic mass is 35.5. The number of aromatic nitrogens is 4. The van der Waals surface area contributed by atoms with Crippen LogP contribution in [0.5, 0.6) is 5.75 Å². The van der Waals surface area contributed by atoms with Crippen molar-refractivity contribution >= 4 is 36.7 Å². The van der Waals surface area contributed by atoms with Gasteiger partial charge in [-0.2, -0.15) is 17.9 Å². The lowest BCUT2D eigenvalue weighted by atomic mass is 9.81. The molecule has 16 heteroatoms. The first-order valence-electron chi connectivity index (χ1n) is 16.5. The van der Waals surface area contributed by atoms with Crippen molar-refractivity contribution in [1.29, 1.82) is 0 Å². The van der Waals surface area contributed by atoms with Crippen LogP contribution in [0.2, 0.25) is 0 Å². The lowest BCUT2D eigenvalue weighted by Gasteiger charge is -2.54. The van der Waals surface area contributed by atoms with Crippen LogP contribution in [0.4, 0.5) is 13.2 Å². The van der Waals surface area contributed by atoms with Crippen molar-refractivity contribution in [3.63, 3.8) is 0 Å². The normalized spacial score (nSPS) is 18.2.